The van der Waals surface area contributed by atoms with E-state index in [0.717, 1.165) is 49.2 Å². The third kappa shape index (κ3) is 3.99. The molecule has 1 saturated heterocycles. The van der Waals surface area contributed by atoms with Crippen LogP contribution in [-0.2, 0) is 11.3 Å². The first-order valence-electron chi connectivity index (χ1n) is 13.6. The predicted molar refractivity (Wildman–Crippen MR) is 153 cm³/mol. The molecule has 1 amide bonds. The second-order valence-corrected chi connectivity index (χ2v) is 12.2. The van der Waals surface area contributed by atoms with Crippen molar-refractivity contribution in [3.05, 3.63) is 94.0 Å². The Bertz CT molecular complexity index is 1600. The molecule has 1 aliphatic carbocycles. The summed E-state index contributed by atoms with van der Waals surface area (Å²) in [4.78, 5) is 22.0. The molecule has 1 aromatic heterocycles. The summed E-state index contributed by atoms with van der Waals surface area (Å²) in [6.45, 7) is 3.57. The molecule has 2 fully saturated rings. The Balaban J connectivity index is 1.43. The normalized spacial score (nSPS) is 26.4. The first-order valence-corrected chi connectivity index (χ1v) is 14.3. The number of para-hydroxylation sites is 2. The predicted octanol–water partition coefficient (Wildman–Crippen LogP) is 7.24. The molecule has 0 spiro atoms. The lowest BCUT2D eigenvalue weighted by Crippen LogP contribution is -2.56. The Morgan fingerprint density at radius 3 is 2.67 bits per heavy atom. The van der Waals surface area contributed by atoms with Gasteiger partial charge >= 0.3 is 0 Å². The minimum Gasteiger partial charge on any atom is -0.328 e. The van der Waals surface area contributed by atoms with Gasteiger partial charge in [0.2, 0.25) is 5.91 Å². The largest absolute Gasteiger partial charge is 0.328 e. The molecule has 0 bridgehead atoms. The summed E-state index contributed by atoms with van der Waals surface area (Å²) in [5.41, 5.74) is 2.01. The van der Waals surface area contributed by atoms with E-state index in [0.29, 0.717) is 22.2 Å². The summed E-state index contributed by atoms with van der Waals surface area (Å²) in [5, 5.41) is 3.74. The van der Waals surface area contributed by atoms with Crippen molar-refractivity contribution >= 4 is 45.8 Å². The average molecular weight is 564 g/mol. The average Bonchev–Trinajstić information content (AvgIpc) is 3.61. The number of carbonyl (C=O) groups is 1. The van der Waals surface area contributed by atoms with Gasteiger partial charge in [-0.2, -0.15) is 0 Å². The quantitative estimate of drug-likeness (QED) is 0.279. The van der Waals surface area contributed by atoms with Crippen molar-refractivity contribution in [2.75, 3.05) is 11.9 Å². The van der Waals surface area contributed by atoms with Crippen LogP contribution in [0, 0.1) is 11.7 Å². The molecule has 8 heteroatoms. The van der Waals surface area contributed by atoms with Crippen LogP contribution in [0.15, 0.2) is 66.7 Å². The number of benzene rings is 3. The number of imidazole rings is 1. The van der Waals surface area contributed by atoms with Crippen LogP contribution in [0.25, 0.3) is 11.0 Å². The van der Waals surface area contributed by atoms with E-state index >= 15 is 4.39 Å². The molecule has 3 heterocycles. The molecular weight excluding hydrogens is 534 g/mol. The van der Waals surface area contributed by atoms with Gasteiger partial charge in [0.1, 0.15) is 17.2 Å². The number of aryl methyl sites for hydroxylation is 1. The van der Waals surface area contributed by atoms with Crippen LogP contribution in [0.3, 0.4) is 0 Å². The molecule has 5 nitrogen and oxygen atoms in total. The highest BCUT2D eigenvalue weighted by atomic mass is 35.5. The molecule has 4 aromatic rings. The highest BCUT2D eigenvalue weighted by Gasteiger charge is 2.63. The van der Waals surface area contributed by atoms with Crippen LogP contribution in [0.4, 0.5) is 10.1 Å². The number of halogens is 3. The van der Waals surface area contributed by atoms with Gasteiger partial charge < -0.3 is 9.88 Å². The minimum atomic E-state index is -1.06. The molecule has 3 aromatic carbocycles. The van der Waals surface area contributed by atoms with E-state index in [-0.39, 0.29) is 22.9 Å². The molecular formula is C31H29Cl2FN4O. The van der Waals surface area contributed by atoms with Crippen LogP contribution in [-0.4, -0.2) is 38.5 Å². The summed E-state index contributed by atoms with van der Waals surface area (Å²) in [7, 11) is 0. The lowest BCUT2D eigenvalue weighted by molar-refractivity contribution is -0.127. The fourth-order valence-electron chi connectivity index (χ4n) is 7.05. The summed E-state index contributed by atoms with van der Waals surface area (Å²) in [6.07, 6.45) is 3.15. The van der Waals surface area contributed by atoms with E-state index in [1.807, 2.05) is 37.3 Å². The molecule has 0 unspecified atom stereocenters. The lowest BCUT2D eigenvalue weighted by atomic mass is 9.73. The highest BCUT2D eigenvalue weighted by Crippen LogP contribution is 2.58. The number of aromatic nitrogens is 2. The molecule has 1 N–H and O–H groups in total. The standard InChI is InChI=1S/C31H29Cl2FN4O/c1-31(30(39)35-20-7-4-6-19(32)16-20)27(21-8-5-9-22(33)28(21)34)26-25(38(31)17-18-12-13-18)14-15-37-24-11-3-2-10-23(24)36-29(26)37/h2-11,16,18,25-27H,12-15,17H2,1H3,(H,35,39)/t25-,26+,27-,31+/m0/s1. The summed E-state index contributed by atoms with van der Waals surface area (Å²) >= 11 is 12.6. The van der Waals surface area contributed by atoms with Gasteiger partial charge in [-0.15, -0.1) is 0 Å². The molecule has 200 valence electrons. The van der Waals surface area contributed by atoms with Gasteiger partial charge in [0, 0.05) is 41.7 Å². The topological polar surface area (TPSA) is 50.2 Å². The molecule has 3 aliphatic rings. The Kier molecular flexibility index (Phi) is 5.99. The molecule has 4 atom stereocenters. The maximum Gasteiger partial charge on any atom is 0.245 e. The number of hydrogen-bond acceptors (Lipinski definition) is 3. The van der Waals surface area contributed by atoms with Crippen molar-refractivity contribution in [3.8, 4) is 0 Å². The molecule has 1 saturated carbocycles. The number of carbonyl (C=O) groups excluding carboxylic acids is 1. The van der Waals surface area contributed by atoms with Gasteiger partial charge in [-0.1, -0.05) is 53.5 Å². The van der Waals surface area contributed by atoms with Gasteiger partial charge in [0.05, 0.1) is 16.1 Å². The summed E-state index contributed by atoms with van der Waals surface area (Å²) in [5.74, 6) is 0.116. The maximum absolute atomic E-state index is 16.0. The van der Waals surface area contributed by atoms with Crippen LogP contribution >= 0.6 is 23.2 Å². The molecule has 2 aliphatic heterocycles. The molecule has 39 heavy (non-hydrogen) atoms. The van der Waals surface area contributed by atoms with Crippen LogP contribution in [0.1, 0.15) is 49.4 Å². The van der Waals surface area contributed by atoms with Gasteiger partial charge in [-0.3, -0.25) is 9.69 Å². The van der Waals surface area contributed by atoms with Crippen LogP contribution in [0.5, 0.6) is 0 Å². The van der Waals surface area contributed by atoms with E-state index in [2.05, 4.69) is 20.9 Å². The zero-order chi connectivity index (χ0) is 26.9. The van der Waals surface area contributed by atoms with E-state index in [9.17, 15) is 4.79 Å². The van der Waals surface area contributed by atoms with Crippen molar-refractivity contribution in [2.24, 2.45) is 5.92 Å². The summed E-state index contributed by atoms with van der Waals surface area (Å²) < 4.78 is 18.2. The monoisotopic (exact) mass is 562 g/mol. The Morgan fingerprint density at radius 1 is 1.08 bits per heavy atom. The second-order valence-electron chi connectivity index (χ2n) is 11.3. The van der Waals surface area contributed by atoms with E-state index in [4.69, 9.17) is 28.2 Å². The van der Waals surface area contributed by atoms with Crippen molar-refractivity contribution in [2.45, 2.75) is 56.1 Å². The minimum absolute atomic E-state index is 0.0356. The number of anilines is 1. The number of amides is 1. The number of fused-ring (bicyclic) bond motifs is 5. The number of likely N-dealkylation sites (tertiary alicyclic amines) is 1. The Labute approximate surface area is 236 Å². The van der Waals surface area contributed by atoms with Crippen LogP contribution in [0.2, 0.25) is 10.0 Å². The second kappa shape index (κ2) is 9.33. The van der Waals surface area contributed by atoms with Crippen molar-refractivity contribution in [1.29, 1.82) is 0 Å². The highest BCUT2D eigenvalue weighted by molar-refractivity contribution is 6.31. The fraction of sp³-hybridized carbons (Fsp3) is 0.355. The van der Waals surface area contributed by atoms with E-state index in [1.165, 1.54) is 0 Å². The lowest BCUT2D eigenvalue weighted by Gasteiger charge is -2.40. The fourth-order valence-corrected chi connectivity index (χ4v) is 7.42. The van der Waals surface area contributed by atoms with E-state index < -0.39 is 17.3 Å². The number of rotatable bonds is 5. The smallest absolute Gasteiger partial charge is 0.245 e. The third-order valence-corrected chi connectivity index (χ3v) is 9.54. The number of hydrogen-bond donors (Lipinski definition) is 1. The van der Waals surface area contributed by atoms with Crippen molar-refractivity contribution in [3.63, 3.8) is 0 Å². The zero-order valence-electron chi connectivity index (χ0n) is 21.6. The van der Waals surface area contributed by atoms with E-state index in [1.54, 1.807) is 30.3 Å². The first kappa shape index (κ1) is 25.1. The van der Waals surface area contributed by atoms with Gasteiger partial charge in [-0.25, -0.2) is 9.37 Å². The summed E-state index contributed by atoms with van der Waals surface area (Å²) in [6, 6.07) is 20.4. The number of nitrogens with zero attached hydrogens (tertiary/aromatic N) is 3. The van der Waals surface area contributed by atoms with Crippen molar-refractivity contribution in [1.82, 2.24) is 14.5 Å². The molecule has 7 rings (SSSR count). The Hall–Kier alpha value is -2.93. The first-order chi connectivity index (χ1) is 18.9. The number of nitrogens with one attached hydrogen (secondary N) is 1. The molecule has 0 radical (unpaired) electrons. The maximum atomic E-state index is 16.0. The Morgan fingerprint density at radius 2 is 1.87 bits per heavy atom. The van der Waals surface area contributed by atoms with Crippen molar-refractivity contribution < 1.29 is 9.18 Å². The zero-order valence-corrected chi connectivity index (χ0v) is 23.1. The van der Waals surface area contributed by atoms with Gasteiger partial charge in [-0.05, 0) is 74.1 Å². The van der Waals surface area contributed by atoms with Gasteiger partial charge in [0.15, 0.2) is 0 Å². The van der Waals surface area contributed by atoms with Gasteiger partial charge in [0.25, 0.3) is 0 Å². The SMILES string of the molecule is C[C@]1(C(=O)Nc2cccc(Cl)c2)[C@@H](c2cccc(Cl)c2F)[C@@H]2c3nc4ccccc4n3CC[C@@H]2N1CC1CC1. The van der Waals surface area contributed by atoms with Crippen LogP contribution < -0.4 is 5.32 Å². The third-order valence-electron chi connectivity index (χ3n) is 9.02.